The second-order valence-corrected chi connectivity index (χ2v) is 4.13. The summed E-state index contributed by atoms with van der Waals surface area (Å²) in [6.45, 7) is 5.56. The lowest BCUT2D eigenvalue weighted by Gasteiger charge is -2.09. The van der Waals surface area contributed by atoms with Crippen molar-refractivity contribution >= 4 is 0 Å². The van der Waals surface area contributed by atoms with Gasteiger partial charge in [-0.25, -0.2) is 0 Å². The highest BCUT2D eigenvalue weighted by Gasteiger charge is 2.13. The molecule has 2 aliphatic rings. The van der Waals surface area contributed by atoms with Gasteiger partial charge in [0.15, 0.2) is 0 Å². The average Bonchev–Trinajstić information content (AvgIpc) is 2.50. The van der Waals surface area contributed by atoms with Crippen molar-refractivity contribution < 1.29 is 0 Å². The second kappa shape index (κ2) is 3.87. The van der Waals surface area contributed by atoms with Crippen LogP contribution < -0.4 is 5.32 Å². The van der Waals surface area contributed by atoms with Gasteiger partial charge in [0.25, 0.3) is 0 Å². The summed E-state index contributed by atoms with van der Waals surface area (Å²) in [6.07, 6.45) is 12.1. The largest absolute Gasteiger partial charge is 0.384 e. The van der Waals surface area contributed by atoms with Crippen LogP contribution in [0, 0.1) is 5.92 Å². The predicted octanol–water partition coefficient (Wildman–Crippen LogP) is 2.94. The molecule has 1 nitrogen and oxygen atoms in total. The molecule has 0 aromatic heterocycles. The van der Waals surface area contributed by atoms with Crippen molar-refractivity contribution in [3.8, 4) is 0 Å². The molecule has 0 atom stereocenters. The summed E-state index contributed by atoms with van der Waals surface area (Å²) in [5.74, 6) is 0.604. The monoisotopic (exact) mass is 187 g/mol. The number of fused-ring (bicyclic) bond motifs is 1. The standard InChI is InChI=1S/C13H17N/c1-10(2)11-5-3-4-6-13-12(9-11)7-8-14-13/h3-6,9-10,14H,7-8H2,1-2H3/b4-3-,5-3?,6-4?,11-5?,11-9?,12-9?,13-6+. The van der Waals surface area contributed by atoms with Gasteiger partial charge >= 0.3 is 0 Å². The Labute approximate surface area is 85.9 Å². The molecule has 0 radical (unpaired) electrons. The highest BCUT2D eigenvalue weighted by atomic mass is 14.9. The molecule has 0 saturated carbocycles. The second-order valence-electron chi connectivity index (χ2n) is 4.13. The first-order valence-corrected chi connectivity index (χ1v) is 5.31. The van der Waals surface area contributed by atoms with E-state index in [-0.39, 0.29) is 0 Å². The molecular formula is C13H17N. The zero-order chi connectivity index (χ0) is 9.97. The van der Waals surface area contributed by atoms with Crippen molar-refractivity contribution in [3.63, 3.8) is 0 Å². The molecule has 0 unspecified atom stereocenters. The van der Waals surface area contributed by atoms with Gasteiger partial charge in [0.05, 0.1) is 0 Å². The van der Waals surface area contributed by atoms with Gasteiger partial charge in [0, 0.05) is 12.2 Å². The first kappa shape index (κ1) is 9.32. The fraction of sp³-hybridized carbons (Fsp3) is 0.385. The molecule has 1 aliphatic carbocycles. The Kier molecular flexibility index (Phi) is 2.58. The van der Waals surface area contributed by atoms with Crippen LogP contribution in [0.3, 0.4) is 0 Å². The summed E-state index contributed by atoms with van der Waals surface area (Å²) in [5.41, 5.74) is 4.17. The van der Waals surface area contributed by atoms with Crippen molar-refractivity contribution in [2.24, 2.45) is 5.92 Å². The number of nitrogens with one attached hydrogen (secondary N) is 1. The fourth-order valence-corrected chi connectivity index (χ4v) is 1.82. The molecule has 1 N–H and O–H groups in total. The highest BCUT2D eigenvalue weighted by molar-refractivity contribution is 5.44. The minimum absolute atomic E-state index is 0.604. The van der Waals surface area contributed by atoms with Crippen LogP contribution in [0.25, 0.3) is 0 Å². The minimum Gasteiger partial charge on any atom is -0.384 e. The molecule has 1 aliphatic heterocycles. The van der Waals surface area contributed by atoms with Crippen molar-refractivity contribution in [1.29, 1.82) is 0 Å². The van der Waals surface area contributed by atoms with E-state index in [1.165, 1.54) is 16.8 Å². The molecule has 0 spiro atoms. The Morgan fingerprint density at radius 2 is 2.00 bits per heavy atom. The molecule has 0 aromatic carbocycles. The lowest BCUT2D eigenvalue weighted by molar-refractivity contribution is 0.789. The van der Waals surface area contributed by atoms with Crippen LogP contribution in [-0.2, 0) is 0 Å². The molecule has 1 saturated heterocycles. The van der Waals surface area contributed by atoms with Crippen molar-refractivity contribution in [1.82, 2.24) is 5.32 Å². The zero-order valence-electron chi connectivity index (χ0n) is 8.88. The summed E-state index contributed by atoms with van der Waals surface area (Å²) < 4.78 is 0. The van der Waals surface area contributed by atoms with Crippen LogP contribution in [0.15, 0.2) is 47.2 Å². The molecule has 14 heavy (non-hydrogen) atoms. The molecular weight excluding hydrogens is 170 g/mol. The summed E-state index contributed by atoms with van der Waals surface area (Å²) in [4.78, 5) is 0. The fourth-order valence-electron chi connectivity index (χ4n) is 1.82. The first-order chi connectivity index (χ1) is 6.77. The third kappa shape index (κ3) is 1.82. The van der Waals surface area contributed by atoms with E-state index in [9.17, 15) is 0 Å². The van der Waals surface area contributed by atoms with Gasteiger partial charge < -0.3 is 5.32 Å². The van der Waals surface area contributed by atoms with Crippen molar-refractivity contribution in [2.75, 3.05) is 6.54 Å². The molecule has 0 amide bonds. The normalized spacial score (nSPS) is 26.4. The molecule has 74 valence electrons. The number of hydrogen-bond acceptors (Lipinski definition) is 1. The van der Waals surface area contributed by atoms with Gasteiger partial charge in [-0.05, 0) is 29.6 Å². The summed E-state index contributed by atoms with van der Waals surface area (Å²) in [7, 11) is 0. The Morgan fingerprint density at radius 1 is 1.21 bits per heavy atom. The van der Waals surface area contributed by atoms with Gasteiger partial charge in [-0.15, -0.1) is 0 Å². The first-order valence-electron chi connectivity index (χ1n) is 5.31. The van der Waals surface area contributed by atoms with Gasteiger partial charge in [0.2, 0.25) is 0 Å². The quantitative estimate of drug-likeness (QED) is 0.665. The smallest absolute Gasteiger partial charge is 0.0373 e. The zero-order valence-corrected chi connectivity index (χ0v) is 8.88. The molecule has 2 rings (SSSR count). The third-order valence-corrected chi connectivity index (χ3v) is 2.73. The number of allylic oxidation sites excluding steroid dienone is 7. The van der Waals surface area contributed by atoms with Crippen molar-refractivity contribution in [3.05, 3.63) is 47.2 Å². The molecule has 0 bridgehead atoms. The summed E-state index contributed by atoms with van der Waals surface area (Å²) in [5, 5.41) is 3.40. The Bertz CT molecular complexity index is 340. The lowest BCUT2D eigenvalue weighted by Crippen LogP contribution is -2.03. The Balaban J connectivity index is 2.35. The van der Waals surface area contributed by atoms with Crippen LogP contribution in [0.1, 0.15) is 20.3 Å². The van der Waals surface area contributed by atoms with E-state index in [0.717, 1.165) is 13.0 Å². The van der Waals surface area contributed by atoms with E-state index >= 15 is 0 Å². The summed E-state index contributed by atoms with van der Waals surface area (Å²) >= 11 is 0. The molecule has 1 heterocycles. The molecule has 1 heteroatoms. The van der Waals surface area contributed by atoms with E-state index in [1.807, 2.05) is 0 Å². The topological polar surface area (TPSA) is 12.0 Å². The summed E-state index contributed by atoms with van der Waals surface area (Å²) in [6, 6.07) is 0. The predicted molar refractivity (Wildman–Crippen MR) is 60.8 cm³/mol. The van der Waals surface area contributed by atoms with E-state index in [1.54, 1.807) is 0 Å². The molecule has 0 aromatic rings. The van der Waals surface area contributed by atoms with Crippen molar-refractivity contribution in [2.45, 2.75) is 20.3 Å². The van der Waals surface area contributed by atoms with E-state index in [2.05, 4.69) is 49.5 Å². The Morgan fingerprint density at radius 3 is 2.79 bits per heavy atom. The maximum absolute atomic E-state index is 3.40. The number of rotatable bonds is 1. The van der Waals surface area contributed by atoms with Gasteiger partial charge in [0.1, 0.15) is 0 Å². The van der Waals surface area contributed by atoms with E-state index in [4.69, 9.17) is 0 Å². The maximum Gasteiger partial charge on any atom is 0.0373 e. The number of hydrogen-bond donors (Lipinski definition) is 1. The van der Waals surface area contributed by atoms with E-state index < -0.39 is 0 Å². The third-order valence-electron chi connectivity index (χ3n) is 2.73. The highest BCUT2D eigenvalue weighted by Crippen LogP contribution is 2.24. The van der Waals surface area contributed by atoms with Crippen LogP contribution in [-0.4, -0.2) is 6.54 Å². The van der Waals surface area contributed by atoms with Crippen LogP contribution in [0.2, 0.25) is 0 Å². The van der Waals surface area contributed by atoms with Gasteiger partial charge in [-0.1, -0.05) is 38.2 Å². The van der Waals surface area contributed by atoms with Crippen LogP contribution in [0.5, 0.6) is 0 Å². The maximum atomic E-state index is 3.40. The minimum atomic E-state index is 0.604. The van der Waals surface area contributed by atoms with Gasteiger partial charge in [-0.3, -0.25) is 0 Å². The Hall–Kier alpha value is -1.24. The van der Waals surface area contributed by atoms with Crippen LogP contribution >= 0.6 is 0 Å². The van der Waals surface area contributed by atoms with Gasteiger partial charge in [-0.2, -0.15) is 0 Å². The van der Waals surface area contributed by atoms with Crippen LogP contribution in [0.4, 0.5) is 0 Å². The molecule has 1 fully saturated rings. The SMILES string of the molecule is CC(C)C1=C/C=C\C=C2\NCCC2=C1. The lowest BCUT2D eigenvalue weighted by atomic mass is 9.97. The average molecular weight is 187 g/mol. The van der Waals surface area contributed by atoms with E-state index in [0.29, 0.717) is 5.92 Å².